The molecule has 0 aromatic heterocycles. The fourth-order valence-electron chi connectivity index (χ4n) is 5.48. The number of halogens is 2. The first-order chi connectivity index (χ1) is 16.5. The van der Waals surface area contributed by atoms with E-state index >= 15 is 0 Å². The van der Waals surface area contributed by atoms with Crippen LogP contribution in [0.4, 0.5) is 20.2 Å². The number of fused-ring (bicyclic) bond motifs is 2. The molecule has 0 spiro atoms. The molecular weight excluding hydrogens is 448 g/mol. The molecule has 5 rings (SSSR count). The van der Waals surface area contributed by atoms with Gasteiger partial charge in [0.1, 0.15) is 5.75 Å². The highest BCUT2D eigenvalue weighted by Crippen LogP contribution is 2.51. The highest BCUT2D eigenvalue weighted by molar-refractivity contribution is 6.01. The lowest BCUT2D eigenvalue weighted by atomic mass is 9.84. The van der Waals surface area contributed by atoms with Crippen molar-refractivity contribution in [1.29, 1.82) is 5.26 Å². The van der Waals surface area contributed by atoms with Crippen LogP contribution >= 0.6 is 0 Å². The number of aryl methyl sites for hydroxylation is 1. The second-order valence-electron chi connectivity index (χ2n) is 11.1. The lowest BCUT2D eigenvalue weighted by Crippen LogP contribution is -2.42. The van der Waals surface area contributed by atoms with Gasteiger partial charge in [0.05, 0.1) is 24.3 Å². The summed E-state index contributed by atoms with van der Waals surface area (Å²) in [5, 5.41) is 12.2. The lowest BCUT2D eigenvalue weighted by Gasteiger charge is -2.36. The van der Waals surface area contributed by atoms with E-state index in [1.165, 1.54) is 0 Å². The van der Waals surface area contributed by atoms with Gasteiger partial charge < -0.3 is 15.0 Å². The minimum absolute atomic E-state index is 0.0429. The highest BCUT2D eigenvalue weighted by Gasteiger charge is 2.52. The number of nitrogens with zero attached hydrogens (tertiary/aromatic N) is 2. The Bertz CT molecular complexity index is 1210. The summed E-state index contributed by atoms with van der Waals surface area (Å²) >= 11 is 0. The summed E-state index contributed by atoms with van der Waals surface area (Å²) in [5.41, 5.74) is 3.82. The first kappa shape index (κ1) is 23.6. The van der Waals surface area contributed by atoms with Crippen LogP contribution in [0.2, 0.25) is 0 Å². The third kappa shape index (κ3) is 4.35. The summed E-state index contributed by atoms with van der Waals surface area (Å²) in [4.78, 5) is 15.7. The Kier molecular flexibility index (Phi) is 5.54. The molecule has 184 valence electrons. The molecule has 2 aliphatic heterocycles. The van der Waals surface area contributed by atoms with Crippen molar-refractivity contribution in [2.45, 2.75) is 76.9 Å². The van der Waals surface area contributed by atoms with Gasteiger partial charge in [-0.1, -0.05) is 32.9 Å². The van der Waals surface area contributed by atoms with E-state index in [1.54, 1.807) is 6.07 Å². The highest BCUT2D eigenvalue weighted by atomic mass is 19.3. The summed E-state index contributed by atoms with van der Waals surface area (Å²) in [6.45, 7) is 7.31. The summed E-state index contributed by atoms with van der Waals surface area (Å²) in [6, 6.07) is 13.8. The van der Waals surface area contributed by atoms with Crippen LogP contribution < -0.4 is 15.0 Å². The SMILES string of the molecule is CC(C)(C)C1Cc2cc(NC(=O)C3(c4ccc5c(c4)OC(F)(F)CC5)CC3)ccc2N1CCC#N. The zero-order chi connectivity index (χ0) is 25.0. The van der Waals surface area contributed by atoms with E-state index in [2.05, 4.69) is 37.1 Å². The number of rotatable bonds is 5. The molecule has 2 heterocycles. The Labute approximate surface area is 205 Å². The summed E-state index contributed by atoms with van der Waals surface area (Å²) in [7, 11) is 0. The lowest BCUT2D eigenvalue weighted by molar-refractivity contribution is -0.187. The number of nitrogens with one attached hydrogen (secondary N) is 1. The number of alkyl halides is 2. The van der Waals surface area contributed by atoms with E-state index in [1.807, 2.05) is 30.3 Å². The average molecular weight is 480 g/mol. The topological polar surface area (TPSA) is 65.4 Å². The number of benzene rings is 2. The van der Waals surface area contributed by atoms with Crippen molar-refractivity contribution in [3.63, 3.8) is 0 Å². The molecule has 0 radical (unpaired) electrons. The number of ether oxygens (including phenoxy) is 1. The summed E-state index contributed by atoms with van der Waals surface area (Å²) < 4.78 is 32.4. The first-order valence-corrected chi connectivity index (χ1v) is 12.3. The Balaban J connectivity index is 1.36. The summed E-state index contributed by atoms with van der Waals surface area (Å²) in [6.07, 6.45) is -0.564. The van der Waals surface area contributed by atoms with Gasteiger partial charge in [-0.05, 0) is 72.1 Å². The van der Waals surface area contributed by atoms with Crippen molar-refractivity contribution < 1.29 is 18.3 Å². The second kappa shape index (κ2) is 8.22. The molecule has 1 aliphatic carbocycles. The Morgan fingerprint density at radius 2 is 1.94 bits per heavy atom. The second-order valence-corrected chi connectivity index (χ2v) is 11.1. The maximum Gasteiger partial charge on any atom is 0.398 e. The molecule has 2 aromatic carbocycles. The molecule has 1 fully saturated rings. The third-order valence-corrected chi connectivity index (χ3v) is 7.65. The van der Waals surface area contributed by atoms with E-state index < -0.39 is 11.5 Å². The maximum absolute atomic E-state index is 13.8. The van der Waals surface area contributed by atoms with Gasteiger partial charge in [-0.3, -0.25) is 4.79 Å². The van der Waals surface area contributed by atoms with Crippen LogP contribution in [0.15, 0.2) is 36.4 Å². The minimum atomic E-state index is -3.17. The molecular formula is C28H31F2N3O2. The number of nitriles is 1. The van der Waals surface area contributed by atoms with Crippen molar-refractivity contribution in [2.75, 3.05) is 16.8 Å². The normalized spacial score (nSPS) is 21.4. The van der Waals surface area contributed by atoms with Crippen LogP contribution in [0, 0.1) is 16.7 Å². The number of amides is 1. The van der Waals surface area contributed by atoms with Gasteiger partial charge in [0.25, 0.3) is 0 Å². The molecule has 5 nitrogen and oxygen atoms in total. The first-order valence-electron chi connectivity index (χ1n) is 12.3. The van der Waals surface area contributed by atoms with Gasteiger partial charge in [0, 0.05) is 24.0 Å². The number of anilines is 2. The number of hydrogen-bond acceptors (Lipinski definition) is 4. The smallest absolute Gasteiger partial charge is 0.398 e. The fraction of sp³-hybridized carbons (Fsp3) is 0.500. The molecule has 1 N–H and O–H groups in total. The van der Waals surface area contributed by atoms with Gasteiger partial charge in [-0.25, -0.2) is 0 Å². The Hall–Kier alpha value is -3.14. The van der Waals surface area contributed by atoms with Gasteiger partial charge in [-0.15, -0.1) is 0 Å². The zero-order valence-electron chi connectivity index (χ0n) is 20.5. The number of carbonyl (C=O) groups excluding carboxylic acids is 1. The van der Waals surface area contributed by atoms with Crippen LogP contribution in [0.5, 0.6) is 5.75 Å². The largest absolute Gasteiger partial charge is 0.432 e. The standard InChI is InChI=1S/C28H31F2N3O2/c1-26(2,3)24-16-19-15-21(7-8-22(19)33(24)14-4-13-31)32-25(34)27(11-12-27)20-6-5-18-9-10-28(29,30)35-23(18)17-20/h5-8,15,17,24H,4,9-12,14,16H2,1-3H3,(H,32,34). The van der Waals surface area contributed by atoms with Crippen molar-refractivity contribution in [2.24, 2.45) is 5.41 Å². The summed E-state index contributed by atoms with van der Waals surface area (Å²) in [5.74, 6) is 0.0627. The Morgan fingerprint density at radius 3 is 2.63 bits per heavy atom. The average Bonchev–Trinajstić information content (AvgIpc) is 3.52. The molecule has 1 saturated carbocycles. The molecule has 1 unspecified atom stereocenters. The fourth-order valence-corrected chi connectivity index (χ4v) is 5.48. The minimum Gasteiger partial charge on any atom is -0.432 e. The molecule has 7 heteroatoms. The molecule has 35 heavy (non-hydrogen) atoms. The predicted molar refractivity (Wildman–Crippen MR) is 131 cm³/mol. The molecule has 3 aliphatic rings. The van der Waals surface area contributed by atoms with E-state index in [9.17, 15) is 13.6 Å². The van der Waals surface area contributed by atoms with Crippen molar-refractivity contribution >= 4 is 17.3 Å². The number of carbonyl (C=O) groups is 1. The van der Waals surface area contributed by atoms with Crippen molar-refractivity contribution in [3.05, 3.63) is 53.1 Å². The van der Waals surface area contributed by atoms with E-state index in [-0.39, 0.29) is 36.0 Å². The van der Waals surface area contributed by atoms with Crippen LogP contribution in [-0.2, 0) is 23.1 Å². The van der Waals surface area contributed by atoms with Gasteiger partial charge in [0.15, 0.2) is 0 Å². The molecule has 0 saturated heterocycles. The van der Waals surface area contributed by atoms with Crippen LogP contribution in [0.3, 0.4) is 0 Å². The number of hydrogen-bond donors (Lipinski definition) is 1. The maximum atomic E-state index is 13.8. The van der Waals surface area contributed by atoms with E-state index in [4.69, 9.17) is 10.00 Å². The molecule has 2 aromatic rings. The van der Waals surface area contributed by atoms with Gasteiger partial charge >= 0.3 is 6.11 Å². The monoisotopic (exact) mass is 479 g/mol. The third-order valence-electron chi connectivity index (χ3n) is 7.65. The van der Waals surface area contributed by atoms with Crippen LogP contribution in [0.25, 0.3) is 0 Å². The van der Waals surface area contributed by atoms with Crippen molar-refractivity contribution in [1.82, 2.24) is 0 Å². The van der Waals surface area contributed by atoms with Crippen molar-refractivity contribution in [3.8, 4) is 11.8 Å². The molecule has 1 atom stereocenters. The zero-order valence-corrected chi connectivity index (χ0v) is 20.5. The van der Waals surface area contributed by atoms with E-state index in [0.29, 0.717) is 25.8 Å². The predicted octanol–water partition coefficient (Wildman–Crippen LogP) is 5.97. The van der Waals surface area contributed by atoms with Crippen LogP contribution in [-0.4, -0.2) is 24.6 Å². The quantitative estimate of drug-likeness (QED) is 0.574. The molecule has 1 amide bonds. The van der Waals surface area contributed by atoms with Crippen LogP contribution in [0.1, 0.15) is 63.1 Å². The van der Waals surface area contributed by atoms with Gasteiger partial charge in [0.2, 0.25) is 5.91 Å². The Morgan fingerprint density at radius 1 is 1.17 bits per heavy atom. The van der Waals surface area contributed by atoms with Gasteiger partial charge in [-0.2, -0.15) is 14.0 Å². The van der Waals surface area contributed by atoms with E-state index in [0.717, 1.165) is 34.5 Å². The molecule has 0 bridgehead atoms.